The molecule has 0 unspecified atom stereocenters. The average Bonchev–Trinajstić information content (AvgIpc) is 2.34. The molecule has 2 rings (SSSR count). The van der Waals surface area contributed by atoms with Crippen LogP contribution in [-0.4, -0.2) is 10.2 Å². The predicted octanol–water partition coefficient (Wildman–Crippen LogP) is 4.17. The Hall–Kier alpha value is -1.75. The van der Waals surface area contributed by atoms with Crippen LogP contribution in [0.5, 0.6) is 11.6 Å². The predicted molar refractivity (Wildman–Crippen MR) is 63.3 cm³/mol. The summed E-state index contributed by atoms with van der Waals surface area (Å²) < 4.78 is 31.0. The highest BCUT2D eigenvalue weighted by molar-refractivity contribution is 6.29. The average molecular weight is 271 g/mol. The number of nitrogens with zero attached hydrogens (tertiary/aromatic N) is 2. The molecule has 0 amide bonds. The summed E-state index contributed by atoms with van der Waals surface area (Å²) in [6.45, 7) is 1.69. The fourth-order valence-electron chi connectivity index (χ4n) is 1.45. The zero-order valence-corrected chi connectivity index (χ0v) is 10.2. The van der Waals surface area contributed by atoms with Crippen LogP contribution in [0.4, 0.5) is 8.78 Å². The minimum atomic E-state index is -2.61. The van der Waals surface area contributed by atoms with Gasteiger partial charge in [0.2, 0.25) is 5.88 Å². The Bertz CT molecular complexity index is 546. The molecule has 0 N–H and O–H groups in total. The molecule has 3 nitrogen and oxygen atoms in total. The second-order valence-corrected chi connectivity index (χ2v) is 3.98. The molecular weight excluding hydrogens is 262 g/mol. The summed E-state index contributed by atoms with van der Waals surface area (Å²) >= 11 is 5.58. The first-order valence-electron chi connectivity index (χ1n) is 5.12. The van der Waals surface area contributed by atoms with Gasteiger partial charge in [-0.25, -0.2) is 8.78 Å². The third-order valence-corrected chi connectivity index (χ3v) is 2.49. The molecule has 6 heteroatoms. The number of hydrogen-bond acceptors (Lipinski definition) is 3. The van der Waals surface area contributed by atoms with Gasteiger partial charge >= 0.3 is 0 Å². The maximum atomic E-state index is 12.8. The molecule has 0 aliphatic rings. The highest BCUT2D eigenvalue weighted by atomic mass is 35.5. The molecule has 0 radical (unpaired) electrons. The van der Waals surface area contributed by atoms with E-state index in [1.54, 1.807) is 19.1 Å². The van der Waals surface area contributed by atoms with E-state index in [2.05, 4.69) is 10.2 Å². The Kier molecular flexibility index (Phi) is 3.72. The maximum Gasteiger partial charge on any atom is 0.267 e. The van der Waals surface area contributed by atoms with Crippen molar-refractivity contribution in [3.05, 3.63) is 46.6 Å². The lowest BCUT2D eigenvalue weighted by molar-refractivity contribution is 0.147. The Labute approximate surface area is 107 Å². The second-order valence-electron chi connectivity index (χ2n) is 3.59. The summed E-state index contributed by atoms with van der Waals surface area (Å²) in [5.41, 5.74) is 0.427. The molecule has 0 spiro atoms. The van der Waals surface area contributed by atoms with E-state index in [4.69, 9.17) is 16.3 Å². The van der Waals surface area contributed by atoms with Crippen molar-refractivity contribution in [1.29, 1.82) is 0 Å². The van der Waals surface area contributed by atoms with Crippen molar-refractivity contribution in [2.75, 3.05) is 0 Å². The molecule has 0 aliphatic carbocycles. The summed E-state index contributed by atoms with van der Waals surface area (Å²) in [5.74, 6) is 0.222. The lowest BCUT2D eigenvalue weighted by Gasteiger charge is -2.12. The molecule has 0 fully saturated rings. The highest BCUT2D eigenvalue weighted by Crippen LogP contribution is 2.34. The standard InChI is InChI=1S/C12H9ClF2N2O/c1-7-3-2-4-8(12(14)15)11(7)18-10-6-5-9(13)16-17-10/h2-6,12H,1H3. The van der Waals surface area contributed by atoms with Gasteiger partial charge < -0.3 is 4.74 Å². The largest absolute Gasteiger partial charge is 0.437 e. The minimum absolute atomic E-state index is 0.101. The monoisotopic (exact) mass is 270 g/mol. The summed E-state index contributed by atoms with van der Waals surface area (Å²) in [6.07, 6.45) is -2.61. The number of rotatable bonds is 3. The van der Waals surface area contributed by atoms with Crippen LogP contribution in [0.2, 0.25) is 5.15 Å². The summed E-state index contributed by atoms with van der Waals surface area (Å²) in [4.78, 5) is 0. The van der Waals surface area contributed by atoms with Crippen molar-refractivity contribution in [1.82, 2.24) is 10.2 Å². The normalized spacial score (nSPS) is 10.7. The van der Waals surface area contributed by atoms with Crippen LogP contribution in [0, 0.1) is 6.92 Å². The number of benzene rings is 1. The van der Waals surface area contributed by atoms with Crippen LogP contribution in [0.3, 0.4) is 0 Å². The van der Waals surface area contributed by atoms with E-state index in [1.807, 2.05) is 0 Å². The number of aromatic nitrogens is 2. The number of halogens is 3. The van der Waals surface area contributed by atoms with Gasteiger partial charge in [-0.2, -0.15) is 0 Å². The first kappa shape index (κ1) is 12.7. The van der Waals surface area contributed by atoms with Crippen LogP contribution in [-0.2, 0) is 0 Å². The summed E-state index contributed by atoms with van der Waals surface area (Å²) in [6, 6.07) is 7.50. The van der Waals surface area contributed by atoms with Crippen LogP contribution < -0.4 is 4.74 Å². The molecule has 18 heavy (non-hydrogen) atoms. The number of aryl methyl sites for hydroxylation is 1. The summed E-state index contributed by atoms with van der Waals surface area (Å²) in [5, 5.41) is 7.46. The Morgan fingerprint density at radius 2 is 1.94 bits per heavy atom. The fraction of sp³-hybridized carbons (Fsp3) is 0.167. The van der Waals surface area contributed by atoms with Gasteiger partial charge in [0.05, 0.1) is 5.56 Å². The topological polar surface area (TPSA) is 35.0 Å². The fourth-order valence-corrected chi connectivity index (χ4v) is 1.55. The molecule has 0 bridgehead atoms. The van der Waals surface area contributed by atoms with E-state index in [1.165, 1.54) is 18.2 Å². The Balaban J connectivity index is 2.36. The van der Waals surface area contributed by atoms with Gasteiger partial charge in [0.15, 0.2) is 5.15 Å². The third-order valence-electron chi connectivity index (χ3n) is 2.29. The van der Waals surface area contributed by atoms with Crippen molar-refractivity contribution in [2.45, 2.75) is 13.3 Å². The van der Waals surface area contributed by atoms with Gasteiger partial charge in [-0.15, -0.1) is 10.2 Å². The smallest absolute Gasteiger partial charge is 0.267 e. The molecule has 0 atom stereocenters. The molecule has 1 aromatic carbocycles. The van der Waals surface area contributed by atoms with Gasteiger partial charge in [0.25, 0.3) is 6.43 Å². The number of para-hydroxylation sites is 1. The zero-order valence-electron chi connectivity index (χ0n) is 9.40. The minimum Gasteiger partial charge on any atom is -0.437 e. The van der Waals surface area contributed by atoms with Crippen LogP contribution in [0.1, 0.15) is 17.6 Å². The van der Waals surface area contributed by atoms with E-state index in [-0.39, 0.29) is 22.3 Å². The Morgan fingerprint density at radius 3 is 2.56 bits per heavy atom. The van der Waals surface area contributed by atoms with Gasteiger partial charge in [-0.05, 0) is 24.6 Å². The highest BCUT2D eigenvalue weighted by Gasteiger charge is 2.16. The molecular formula is C12H9ClF2N2O. The van der Waals surface area contributed by atoms with Gasteiger partial charge in [0, 0.05) is 6.07 Å². The third kappa shape index (κ3) is 2.73. The molecule has 0 saturated heterocycles. The molecule has 0 aliphatic heterocycles. The van der Waals surface area contributed by atoms with E-state index in [0.717, 1.165) is 0 Å². The number of hydrogen-bond donors (Lipinski definition) is 0. The van der Waals surface area contributed by atoms with Crippen LogP contribution in [0.15, 0.2) is 30.3 Å². The van der Waals surface area contributed by atoms with E-state index in [0.29, 0.717) is 5.56 Å². The first-order chi connectivity index (χ1) is 8.58. The van der Waals surface area contributed by atoms with Gasteiger partial charge in [0.1, 0.15) is 5.75 Å². The van der Waals surface area contributed by atoms with Crippen LogP contribution in [0.25, 0.3) is 0 Å². The Morgan fingerprint density at radius 1 is 1.17 bits per heavy atom. The quantitative estimate of drug-likeness (QED) is 0.840. The maximum absolute atomic E-state index is 12.8. The first-order valence-corrected chi connectivity index (χ1v) is 5.50. The summed E-state index contributed by atoms with van der Waals surface area (Å²) in [7, 11) is 0. The van der Waals surface area contributed by atoms with Gasteiger partial charge in [-0.1, -0.05) is 23.7 Å². The van der Waals surface area contributed by atoms with Crippen molar-refractivity contribution >= 4 is 11.6 Å². The number of alkyl halides is 2. The lowest BCUT2D eigenvalue weighted by Crippen LogP contribution is -1.97. The van der Waals surface area contributed by atoms with E-state index >= 15 is 0 Å². The molecule has 0 saturated carbocycles. The lowest BCUT2D eigenvalue weighted by atomic mass is 10.1. The molecule has 1 heterocycles. The molecule has 2 aromatic rings. The zero-order chi connectivity index (χ0) is 13.1. The molecule has 1 aromatic heterocycles. The second kappa shape index (κ2) is 5.27. The van der Waals surface area contributed by atoms with Crippen molar-refractivity contribution in [2.24, 2.45) is 0 Å². The van der Waals surface area contributed by atoms with Crippen LogP contribution >= 0.6 is 11.6 Å². The SMILES string of the molecule is Cc1cccc(C(F)F)c1Oc1ccc(Cl)nn1. The van der Waals surface area contributed by atoms with Crippen molar-refractivity contribution in [3.8, 4) is 11.6 Å². The van der Waals surface area contributed by atoms with E-state index < -0.39 is 6.43 Å². The molecule has 94 valence electrons. The van der Waals surface area contributed by atoms with E-state index in [9.17, 15) is 8.78 Å². The number of ether oxygens (including phenoxy) is 1. The van der Waals surface area contributed by atoms with Gasteiger partial charge in [-0.3, -0.25) is 0 Å². The van der Waals surface area contributed by atoms with Crippen molar-refractivity contribution < 1.29 is 13.5 Å². The van der Waals surface area contributed by atoms with Crippen molar-refractivity contribution in [3.63, 3.8) is 0 Å².